The summed E-state index contributed by atoms with van der Waals surface area (Å²) in [6.45, 7) is 4.70. The summed E-state index contributed by atoms with van der Waals surface area (Å²) in [6.07, 6.45) is 0.812. The van der Waals surface area contributed by atoms with E-state index in [1.165, 1.54) is 11.8 Å². The molecule has 8 nitrogen and oxygen atoms in total. The summed E-state index contributed by atoms with van der Waals surface area (Å²) >= 11 is 1.25. The molecule has 1 atom stereocenters. The number of hydrogen-bond acceptors (Lipinski definition) is 6. The van der Waals surface area contributed by atoms with Crippen LogP contribution >= 0.6 is 11.8 Å². The quantitative estimate of drug-likeness (QED) is 0.644. The second-order valence-corrected chi connectivity index (χ2v) is 6.94. The second-order valence-electron chi connectivity index (χ2n) is 5.63. The molecule has 0 unspecified atom stereocenters. The van der Waals surface area contributed by atoms with Crippen molar-refractivity contribution in [1.82, 2.24) is 20.1 Å². The van der Waals surface area contributed by atoms with Gasteiger partial charge in [-0.05, 0) is 31.0 Å². The molecule has 9 heteroatoms. The number of ether oxygens (including phenoxy) is 2. The number of hydrogen-bond donors (Lipinski definition) is 2. The van der Waals surface area contributed by atoms with Gasteiger partial charge in [0.05, 0.1) is 19.5 Å². The molecule has 0 saturated carbocycles. The van der Waals surface area contributed by atoms with E-state index in [0.717, 1.165) is 12.0 Å². The molecular formula is C17H24N4O4S. The van der Waals surface area contributed by atoms with Crippen molar-refractivity contribution < 1.29 is 14.3 Å². The molecule has 1 amide bonds. The van der Waals surface area contributed by atoms with Gasteiger partial charge in [0.15, 0.2) is 16.7 Å². The summed E-state index contributed by atoms with van der Waals surface area (Å²) in [5.41, 5.74) is 0.642. The summed E-state index contributed by atoms with van der Waals surface area (Å²) in [5, 5.41) is 9.44. The number of nitrogens with one attached hydrogen (secondary N) is 2. The van der Waals surface area contributed by atoms with Gasteiger partial charge in [0.1, 0.15) is 0 Å². The monoisotopic (exact) mass is 380 g/mol. The van der Waals surface area contributed by atoms with Crippen LogP contribution in [0.1, 0.15) is 25.8 Å². The number of nitrogens with zero attached hydrogens (tertiary/aromatic N) is 2. The number of thioether (sulfide) groups is 1. The van der Waals surface area contributed by atoms with Crippen molar-refractivity contribution in [3.63, 3.8) is 0 Å². The highest BCUT2D eigenvalue weighted by molar-refractivity contribution is 8.00. The van der Waals surface area contributed by atoms with Crippen LogP contribution in [0, 0.1) is 0 Å². The number of rotatable bonds is 9. The summed E-state index contributed by atoms with van der Waals surface area (Å²) in [7, 11) is 3.14. The third-order valence-corrected chi connectivity index (χ3v) is 4.83. The van der Waals surface area contributed by atoms with Gasteiger partial charge in [-0.1, -0.05) is 24.8 Å². The molecule has 142 valence electrons. The van der Waals surface area contributed by atoms with Gasteiger partial charge in [0.25, 0.3) is 0 Å². The summed E-state index contributed by atoms with van der Waals surface area (Å²) in [4.78, 5) is 24.1. The van der Waals surface area contributed by atoms with Crippen LogP contribution in [0.2, 0.25) is 0 Å². The smallest absolute Gasteiger partial charge is 0.343 e. The molecule has 0 fully saturated rings. The van der Waals surface area contributed by atoms with Gasteiger partial charge in [-0.3, -0.25) is 9.36 Å². The normalized spacial score (nSPS) is 11.8. The maximum atomic E-state index is 12.4. The Morgan fingerprint density at radius 2 is 2.08 bits per heavy atom. The van der Waals surface area contributed by atoms with Gasteiger partial charge in [-0.2, -0.15) is 0 Å². The maximum Gasteiger partial charge on any atom is 0.343 e. The minimum atomic E-state index is -0.388. The molecular weight excluding hydrogens is 356 g/mol. The highest BCUT2D eigenvalue weighted by Gasteiger charge is 2.18. The Labute approximate surface area is 156 Å². The van der Waals surface area contributed by atoms with Crippen molar-refractivity contribution in [3.05, 3.63) is 34.2 Å². The highest BCUT2D eigenvalue weighted by Crippen LogP contribution is 2.27. The summed E-state index contributed by atoms with van der Waals surface area (Å²) in [6, 6.07) is 5.49. The van der Waals surface area contributed by atoms with Crippen molar-refractivity contribution >= 4 is 17.7 Å². The van der Waals surface area contributed by atoms with Crippen LogP contribution < -0.4 is 20.5 Å². The number of benzene rings is 1. The minimum Gasteiger partial charge on any atom is -0.493 e. The van der Waals surface area contributed by atoms with Crippen LogP contribution in [0.5, 0.6) is 11.5 Å². The fraction of sp³-hybridized carbons (Fsp3) is 0.471. The molecule has 2 rings (SSSR count). The summed E-state index contributed by atoms with van der Waals surface area (Å²) < 4.78 is 12.0. The van der Waals surface area contributed by atoms with Crippen LogP contribution in [-0.2, 0) is 17.9 Å². The lowest BCUT2D eigenvalue weighted by Gasteiger charge is -2.13. The topological polar surface area (TPSA) is 98.2 Å². The van der Waals surface area contributed by atoms with Crippen LogP contribution in [0.15, 0.2) is 28.2 Å². The number of amides is 1. The van der Waals surface area contributed by atoms with Crippen molar-refractivity contribution in [2.24, 2.45) is 0 Å². The lowest BCUT2D eigenvalue weighted by atomic mass is 10.2. The Bertz CT molecular complexity index is 802. The average Bonchev–Trinajstić information content (AvgIpc) is 2.99. The molecule has 0 aliphatic carbocycles. The van der Waals surface area contributed by atoms with E-state index < -0.39 is 0 Å². The van der Waals surface area contributed by atoms with Gasteiger partial charge in [-0.25, -0.2) is 9.89 Å². The van der Waals surface area contributed by atoms with E-state index >= 15 is 0 Å². The third-order valence-electron chi connectivity index (χ3n) is 3.74. The largest absolute Gasteiger partial charge is 0.493 e. The molecule has 0 radical (unpaired) electrons. The van der Waals surface area contributed by atoms with E-state index in [1.807, 2.05) is 19.1 Å². The number of carbonyl (C=O) groups is 1. The fourth-order valence-corrected chi connectivity index (χ4v) is 3.26. The molecule has 0 saturated heterocycles. The van der Waals surface area contributed by atoms with Gasteiger partial charge in [-0.15, -0.1) is 5.10 Å². The van der Waals surface area contributed by atoms with Crippen molar-refractivity contribution in [2.45, 2.75) is 43.8 Å². The van der Waals surface area contributed by atoms with Gasteiger partial charge in [0, 0.05) is 13.1 Å². The van der Waals surface area contributed by atoms with E-state index in [9.17, 15) is 9.59 Å². The number of carbonyl (C=O) groups excluding carboxylic acids is 1. The summed E-state index contributed by atoms with van der Waals surface area (Å²) in [5.74, 6) is 1.11. The zero-order valence-corrected chi connectivity index (χ0v) is 16.2. The highest BCUT2D eigenvalue weighted by atomic mass is 32.2. The first kappa shape index (κ1) is 19.9. The zero-order chi connectivity index (χ0) is 19.1. The Morgan fingerprint density at radius 1 is 1.35 bits per heavy atom. The third kappa shape index (κ3) is 4.81. The van der Waals surface area contributed by atoms with E-state index in [0.29, 0.717) is 29.7 Å². The average molecular weight is 380 g/mol. The van der Waals surface area contributed by atoms with E-state index in [1.54, 1.807) is 31.8 Å². The molecule has 0 aliphatic heterocycles. The molecule has 1 heterocycles. The van der Waals surface area contributed by atoms with Crippen LogP contribution in [0.3, 0.4) is 0 Å². The fourth-order valence-electron chi connectivity index (χ4n) is 2.35. The lowest BCUT2D eigenvalue weighted by Crippen LogP contribution is -2.30. The molecule has 0 spiro atoms. The van der Waals surface area contributed by atoms with Gasteiger partial charge < -0.3 is 14.8 Å². The van der Waals surface area contributed by atoms with Crippen LogP contribution in [0.25, 0.3) is 0 Å². The lowest BCUT2D eigenvalue weighted by molar-refractivity contribution is -0.120. The Kier molecular flexibility index (Phi) is 7.14. The molecule has 26 heavy (non-hydrogen) atoms. The standard InChI is InChI=1S/C17H24N4O4S/c1-5-8-21-16(23)19-20-17(21)26-11(2)15(22)18-10-12-6-7-13(24-3)14(9-12)25-4/h6-7,9,11H,5,8,10H2,1-4H3,(H,18,22)(H,19,23)/t11-/m0/s1. The molecule has 2 N–H and O–H groups in total. The van der Waals surface area contributed by atoms with Crippen LogP contribution in [-0.4, -0.2) is 40.1 Å². The van der Waals surface area contributed by atoms with E-state index in [4.69, 9.17) is 9.47 Å². The second kappa shape index (κ2) is 9.33. The Morgan fingerprint density at radius 3 is 2.73 bits per heavy atom. The molecule has 2 aromatic rings. The SMILES string of the molecule is CCCn1c(S[C@@H](C)C(=O)NCc2ccc(OC)c(OC)c2)n[nH]c1=O. The first-order chi connectivity index (χ1) is 12.5. The minimum absolute atomic E-state index is 0.136. The van der Waals surface area contributed by atoms with Crippen molar-refractivity contribution in [1.29, 1.82) is 0 Å². The Balaban J connectivity index is 1.96. The van der Waals surface area contributed by atoms with Gasteiger partial charge in [0.2, 0.25) is 5.91 Å². The van der Waals surface area contributed by atoms with Crippen molar-refractivity contribution in [2.75, 3.05) is 14.2 Å². The maximum absolute atomic E-state index is 12.4. The predicted octanol–water partition coefficient (Wildman–Crippen LogP) is 1.80. The van der Waals surface area contributed by atoms with Crippen LogP contribution in [0.4, 0.5) is 0 Å². The molecule has 0 aliphatic rings. The van der Waals surface area contributed by atoms with Gasteiger partial charge >= 0.3 is 5.69 Å². The predicted molar refractivity (Wildman–Crippen MR) is 99.9 cm³/mol. The first-order valence-corrected chi connectivity index (χ1v) is 9.18. The van der Waals surface area contributed by atoms with E-state index in [-0.39, 0.29) is 16.8 Å². The van der Waals surface area contributed by atoms with E-state index in [2.05, 4.69) is 15.5 Å². The zero-order valence-electron chi connectivity index (χ0n) is 15.4. The molecule has 0 bridgehead atoms. The number of H-pyrrole nitrogens is 1. The Hall–Kier alpha value is -2.42. The first-order valence-electron chi connectivity index (χ1n) is 8.30. The molecule has 1 aromatic heterocycles. The number of aromatic amines is 1. The number of aromatic nitrogens is 3. The van der Waals surface area contributed by atoms with Crippen molar-refractivity contribution in [3.8, 4) is 11.5 Å². The number of methoxy groups -OCH3 is 2. The molecule has 1 aromatic carbocycles.